The number of aryl methyl sites for hydroxylation is 1. The second-order valence-corrected chi connectivity index (χ2v) is 4.95. The third-order valence-corrected chi connectivity index (χ3v) is 3.77. The Bertz CT molecular complexity index is 340. The Morgan fingerprint density at radius 3 is 3.00 bits per heavy atom. The van der Waals surface area contributed by atoms with Gasteiger partial charge < -0.3 is 4.90 Å². The van der Waals surface area contributed by atoms with Crippen LogP contribution in [-0.4, -0.2) is 23.5 Å². The van der Waals surface area contributed by atoms with Crippen LogP contribution in [0.25, 0.3) is 0 Å². The fourth-order valence-electron chi connectivity index (χ4n) is 2.06. The predicted octanol–water partition coefficient (Wildman–Crippen LogP) is 2.84. The summed E-state index contributed by atoms with van der Waals surface area (Å²) in [5, 5.41) is 0.270. The summed E-state index contributed by atoms with van der Waals surface area (Å²) >= 11 is 6.31. The molecule has 82 valence electrons. The van der Waals surface area contributed by atoms with Crippen LogP contribution in [0.2, 0.25) is 0 Å². The third kappa shape index (κ3) is 2.25. The summed E-state index contributed by atoms with van der Waals surface area (Å²) in [6, 6.07) is 2.08. The van der Waals surface area contributed by atoms with Crippen LogP contribution in [0.15, 0.2) is 18.5 Å². The van der Waals surface area contributed by atoms with E-state index < -0.39 is 0 Å². The number of piperidine rings is 1. The lowest BCUT2D eigenvalue weighted by atomic mass is 9.98. The van der Waals surface area contributed by atoms with Gasteiger partial charge in [-0.2, -0.15) is 0 Å². The summed E-state index contributed by atoms with van der Waals surface area (Å²) < 4.78 is 0. The first-order valence-corrected chi connectivity index (χ1v) is 5.91. The van der Waals surface area contributed by atoms with Crippen molar-refractivity contribution in [1.29, 1.82) is 0 Å². The van der Waals surface area contributed by atoms with Gasteiger partial charge in [0.1, 0.15) is 0 Å². The molecule has 0 aliphatic carbocycles. The Balaban J connectivity index is 2.15. The largest absolute Gasteiger partial charge is 0.370 e. The van der Waals surface area contributed by atoms with E-state index in [0.717, 1.165) is 13.1 Å². The van der Waals surface area contributed by atoms with E-state index in [4.69, 9.17) is 11.6 Å². The fraction of sp³-hybridized carbons (Fsp3) is 0.583. The number of alkyl halides is 1. The maximum Gasteiger partial charge on any atom is 0.0537 e. The van der Waals surface area contributed by atoms with Gasteiger partial charge in [-0.1, -0.05) is 6.92 Å². The average molecular weight is 225 g/mol. The zero-order chi connectivity index (χ0) is 10.8. The molecule has 1 aliphatic heterocycles. The Morgan fingerprint density at radius 2 is 2.33 bits per heavy atom. The van der Waals surface area contributed by atoms with Gasteiger partial charge in [-0.05, 0) is 30.9 Å². The number of hydrogen-bond acceptors (Lipinski definition) is 2. The average Bonchev–Trinajstić information content (AvgIpc) is 2.23. The lowest BCUT2D eigenvalue weighted by Crippen LogP contribution is -2.40. The first-order valence-electron chi connectivity index (χ1n) is 5.48. The molecule has 2 nitrogen and oxygen atoms in total. The molecule has 0 spiro atoms. The molecule has 3 heteroatoms. The minimum absolute atomic E-state index is 0.270. The van der Waals surface area contributed by atoms with Crippen LogP contribution in [0.1, 0.15) is 18.9 Å². The highest BCUT2D eigenvalue weighted by molar-refractivity contribution is 6.21. The molecule has 0 aromatic carbocycles. The highest BCUT2D eigenvalue weighted by Gasteiger charge is 2.24. The standard InChI is InChI=1S/C12H17ClN2/c1-9-4-6-15(8-11(9)13)12-3-5-14-7-10(12)2/h3,5,7,9,11H,4,6,8H2,1-2H3. The smallest absolute Gasteiger partial charge is 0.0537 e. The molecule has 0 amide bonds. The van der Waals surface area contributed by atoms with E-state index in [1.807, 2.05) is 12.4 Å². The lowest BCUT2D eigenvalue weighted by molar-refractivity contribution is 0.445. The highest BCUT2D eigenvalue weighted by Crippen LogP contribution is 2.27. The van der Waals surface area contributed by atoms with Gasteiger partial charge in [0.25, 0.3) is 0 Å². The fourth-order valence-corrected chi connectivity index (χ4v) is 2.35. The van der Waals surface area contributed by atoms with E-state index in [2.05, 4.69) is 29.8 Å². The third-order valence-electron chi connectivity index (χ3n) is 3.20. The molecule has 0 bridgehead atoms. The molecule has 1 fully saturated rings. The van der Waals surface area contributed by atoms with E-state index in [1.54, 1.807) is 0 Å². The van der Waals surface area contributed by atoms with Gasteiger partial charge in [0.05, 0.1) is 5.38 Å². The van der Waals surface area contributed by atoms with E-state index in [0.29, 0.717) is 5.92 Å². The van der Waals surface area contributed by atoms with Crippen molar-refractivity contribution in [2.45, 2.75) is 25.6 Å². The van der Waals surface area contributed by atoms with Crippen molar-refractivity contribution < 1.29 is 0 Å². The molecule has 1 aromatic rings. The first kappa shape index (κ1) is 10.7. The minimum atomic E-state index is 0.270. The van der Waals surface area contributed by atoms with Crippen LogP contribution < -0.4 is 4.90 Å². The topological polar surface area (TPSA) is 16.1 Å². The summed E-state index contributed by atoms with van der Waals surface area (Å²) in [7, 11) is 0. The van der Waals surface area contributed by atoms with E-state index in [-0.39, 0.29) is 5.38 Å². The molecule has 0 radical (unpaired) electrons. The van der Waals surface area contributed by atoms with Crippen molar-refractivity contribution in [2.24, 2.45) is 5.92 Å². The van der Waals surface area contributed by atoms with Gasteiger partial charge in [0.15, 0.2) is 0 Å². The number of anilines is 1. The quantitative estimate of drug-likeness (QED) is 0.682. The first-order chi connectivity index (χ1) is 7.18. The molecule has 2 heterocycles. The summed E-state index contributed by atoms with van der Waals surface area (Å²) in [5.41, 5.74) is 2.51. The molecular formula is C12H17ClN2. The summed E-state index contributed by atoms with van der Waals surface area (Å²) in [4.78, 5) is 6.48. The maximum absolute atomic E-state index is 6.31. The number of hydrogen-bond donors (Lipinski definition) is 0. The number of rotatable bonds is 1. The monoisotopic (exact) mass is 224 g/mol. The maximum atomic E-state index is 6.31. The van der Waals surface area contributed by atoms with E-state index >= 15 is 0 Å². The molecule has 1 aromatic heterocycles. The van der Waals surface area contributed by atoms with Crippen molar-refractivity contribution in [3.05, 3.63) is 24.0 Å². The van der Waals surface area contributed by atoms with E-state index in [1.165, 1.54) is 17.7 Å². The second-order valence-electron chi connectivity index (χ2n) is 4.39. The Morgan fingerprint density at radius 1 is 1.53 bits per heavy atom. The van der Waals surface area contributed by atoms with Crippen molar-refractivity contribution in [3.63, 3.8) is 0 Å². The van der Waals surface area contributed by atoms with Crippen LogP contribution in [0.3, 0.4) is 0 Å². The lowest BCUT2D eigenvalue weighted by Gasteiger charge is -2.36. The molecule has 2 rings (SSSR count). The number of aromatic nitrogens is 1. The Labute approximate surface area is 96.3 Å². The normalized spacial score (nSPS) is 26.7. The van der Waals surface area contributed by atoms with Crippen molar-refractivity contribution in [2.75, 3.05) is 18.0 Å². The predicted molar refractivity (Wildman–Crippen MR) is 64.6 cm³/mol. The van der Waals surface area contributed by atoms with Crippen LogP contribution in [-0.2, 0) is 0 Å². The number of halogens is 1. The Kier molecular flexibility index (Phi) is 3.15. The molecule has 0 saturated carbocycles. The molecule has 1 aliphatic rings. The zero-order valence-corrected chi connectivity index (χ0v) is 10.0. The van der Waals surface area contributed by atoms with Crippen molar-refractivity contribution in [3.8, 4) is 0 Å². The van der Waals surface area contributed by atoms with Gasteiger partial charge in [-0.25, -0.2) is 0 Å². The molecule has 0 N–H and O–H groups in total. The van der Waals surface area contributed by atoms with Crippen LogP contribution in [0, 0.1) is 12.8 Å². The summed E-state index contributed by atoms with van der Waals surface area (Å²) in [5.74, 6) is 0.630. The van der Waals surface area contributed by atoms with Gasteiger partial charge >= 0.3 is 0 Å². The zero-order valence-electron chi connectivity index (χ0n) is 9.28. The molecule has 2 unspecified atom stereocenters. The van der Waals surface area contributed by atoms with Crippen molar-refractivity contribution >= 4 is 17.3 Å². The highest BCUT2D eigenvalue weighted by atomic mass is 35.5. The second kappa shape index (κ2) is 4.40. The SMILES string of the molecule is Cc1cnccc1N1CCC(C)C(Cl)C1. The molecular weight excluding hydrogens is 208 g/mol. The minimum Gasteiger partial charge on any atom is -0.370 e. The van der Waals surface area contributed by atoms with Gasteiger partial charge in [0.2, 0.25) is 0 Å². The summed E-state index contributed by atoms with van der Waals surface area (Å²) in [6.07, 6.45) is 4.94. The number of nitrogens with zero attached hydrogens (tertiary/aromatic N) is 2. The van der Waals surface area contributed by atoms with Gasteiger partial charge in [-0.15, -0.1) is 11.6 Å². The van der Waals surface area contributed by atoms with Crippen LogP contribution in [0.5, 0.6) is 0 Å². The molecule has 15 heavy (non-hydrogen) atoms. The van der Waals surface area contributed by atoms with Crippen LogP contribution in [0.4, 0.5) is 5.69 Å². The van der Waals surface area contributed by atoms with E-state index in [9.17, 15) is 0 Å². The van der Waals surface area contributed by atoms with Crippen molar-refractivity contribution in [1.82, 2.24) is 4.98 Å². The Hall–Kier alpha value is -0.760. The van der Waals surface area contributed by atoms with Gasteiger partial charge in [-0.3, -0.25) is 4.98 Å². The number of pyridine rings is 1. The molecule has 1 saturated heterocycles. The van der Waals surface area contributed by atoms with Gasteiger partial charge in [0, 0.05) is 31.2 Å². The molecule has 2 atom stereocenters. The summed E-state index contributed by atoms with van der Waals surface area (Å²) in [6.45, 7) is 6.39. The van der Waals surface area contributed by atoms with Crippen LogP contribution >= 0.6 is 11.6 Å².